The lowest BCUT2D eigenvalue weighted by atomic mass is 10.0. The van der Waals surface area contributed by atoms with Crippen LogP contribution in [-0.4, -0.2) is 74.2 Å². The fraction of sp³-hybridized carbons (Fsp3) is 0.789. The first kappa shape index (κ1) is 20.6. The third-order valence-corrected chi connectivity index (χ3v) is 6.21. The van der Waals surface area contributed by atoms with E-state index in [-0.39, 0.29) is 5.91 Å². The van der Waals surface area contributed by atoms with Crippen LogP contribution in [0.15, 0.2) is 4.99 Å². The van der Waals surface area contributed by atoms with Gasteiger partial charge in [0.05, 0.1) is 5.54 Å². The molecule has 1 amide bonds. The molecular weight excluding hydrogens is 356 g/mol. The number of aryl methyl sites for hydroxylation is 1. The molecule has 0 spiro atoms. The summed E-state index contributed by atoms with van der Waals surface area (Å²) >= 11 is 0. The highest BCUT2D eigenvalue weighted by Crippen LogP contribution is 2.20. The van der Waals surface area contributed by atoms with Crippen LogP contribution in [0.1, 0.15) is 51.2 Å². The van der Waals surface area contributed by atoms with Crippen LogP contribution in [0, 0.1) is 6.92 Å². The molecule has 0 atom stereocenters. The van der Waals surface area contributed by atoms with Crippen molar-refractivity contribution < 1.29 is 4.79 Å². The summed E-state index contributed by atoms with van der Waals surface area (Å²) < 4.78 is 1.98. The number of piperazine rings is 1. The molecule has 2 heterocycles. The van der Waals surface area contributed by atoms with Crippen molar-refractivity contribution in [3.8, 4) is 0 Å². The molecule has 156 valence electrons. The molecule has 0 aromatic carbocycles. The molecule has 0 bridgehead atoms. The van der Waals surface area contributed by atoms with E-state index in [4.69, 9.17) is 10.7 Å². The number of aromatic nitrogens is 3. The van der Waals surface area contributed by atoms with Crippen molar-refractivity contribution >= 4 is 11.9 Å². The minimum absolute atomic E-state index is 0.281. The van der Waals surface area contributed by atoms with E-state index in [1.165, 1.54) is 25.7 Å². The molecule has 1 saturated heterocycles. The number of nitrogens with zero attached hydrogens (tertiary/aromatic N) is 6. The molecule has 1 aromatic rings. The van der Waals surface area contributed by atoms with Crippen LogP contribution >= 0.6 is 0 Å². The molecule has 28 heavy (non-hydrogen) atoms. The summed E-state index contributed by atoms with van der Waals surface area (Å²) in [6.45, 7) is 9.42. The van der Waals surface area contributed by atoms with Gasteiger partial charge in [0.1, 0.15) is 12.4 Å². The van der Waals surface area contributed by atoms with Crippen LogP contribution in [0.2, 0.25) is 0 Å². The van der Waals surface area contributed by atoms with Gasteiger partial charge in [0, 0.05) is 39.3 Å². The number of aliphatic imine (C=N–C) groups is 1. The zero-order chi connectivity index (χ0) is 20.3. The predicted octanol–water partition coefficient (Wildman–Crippen LogP) is 0.393. The van der Waals surface area contributed by atoms with E-state index in [2.05, 4.69) is 25.3 Å². The number of carbonyl (C=O) groups is 1. The van der Waals surface area contributed by atoms with E-state index in [9.17, 15) is 4.79 Å². The van der Waals surface area contributed by atoms with Gasteiger partial charge in [-0.2, -0.15) is 0 Å². The summed E-state index contributed by atoms with van der Waals surface area (Å²) in [5, 5.41) is 12.0. The maximum atomic E-state index is 11.8. The van der Waals surface area contributed by atoms with Crippen molar-refractivity contribution in [2.24, 2.45) is 17.8 Å². The predicted molar refractivity (Wildman–Crippen MR) is 109 cm³/mol. The second-order valence-corrected chi connectivity index (χ2v) is 8.39. The second kappa shape index (κ2) is 8.46. The SMILES string of the molecule is Cc1nnc(CN=C(NC2CCCC2)N2CCN(C(C)(C)C(N)=O)CC2)n1C. The molecule has 0 unspecified atom stereocenters. The van der Waals surface area contributed by atoms with Crippen LogP contribution in [0.4, 0.5) is 0 Å². The molecule has 2 aliphatic rings. The topological polar surface area (TPSA) is 105 Å². The van der Waals surface area contributed by atoms with Crippen molar-refractivity contribution in [3.05, 3.63) is 11.6 Å². The first-order chi connectivity index (χ1) is 13.3. The van der Waals surface area contributed by atoms with E-state index >= 15 is 0 Å². The highest BCUT2D eigenvalue weighted by Gasteiger charge is 2.35. The molecule has 0 radical (unpaired) electrons. The normalized spacial score (nSPS) is 20.0. The van der Waals surface area contributed by atoms with Gasteiger partial charge in [-0.05, 0) is 33.6 Å². The molecule has 9 heteroatoms. The van der Waals surface area contributed by atoms with Crippen LogP contribution in [0.3, 0.4) is 0 Å². The largest absolute Gasteiger partial charge is 0.368 e. The number of amides is 1. The highest BCUT2D eigenvalue weighted by atomic mass is 16.1. The molecule has 3 rings (SSSR count). The second-order valence-electron chi connectivity index (χ2n) is 8.39. The Labute approximate surface area is 167 Å². The molecule has 1 aliphatic heterocycles. The van der Waals surface area contributed by atoms with E-state index in [1.807, 2.05) is 32.4 Å². The fourth-order valence-corrected chi connectivity index (χ4v) is 3.86. The van der Waals surface area contributed by atoms with Gasteiger partial charge >= 0.3 is 0 Å². The lowest BCUT2D eigenvalue weighted by molar-refractivity contribution is -0.129. The lowest BCUT2D eigenvalue weighted by Crippen LogP contribution is -2.61. The lowest BCUT2D eigenvalue weighted by Gasteiger charge is -2.43. The third kappa shape index (κ3) is 4.45. The van der Waals surface area contributed by atoms with Crippen LogP contribution < -0.4 is 11.1 Å². The first-order valence-electron chi connectivity index (χ1n) is 10.2. The number of rotatable bonds is 5. The summed E-state index contributed by atoms with van der Waals surface area (Å²) in [6.07, 6.45) is 4.93. The Bertz CT molecular complexity index is 712. The number of hydrogen-bond donors (Lipinski definition) is 2. The molecule has 9 nitrogen and oxygen atoms in total. The Morgan fingerprint density at radius 3 is 2.39 bits per heavy atom. The average Bonchev–Trinajstić information content (AvgIpc) is 3.29. The quantitative estimate of drug-likeness (QED) is 0.557. The minimum atomic E-state index is -0.627. The van der Waals surface area contributed by atoms with Gasteiger partial charge in [0.15, 0.2) is 11.8 Å². The monoisotopic (exact) mass is 390 g/mol. The minimum Gasteiger partial charge on any atom is -0.368 e. The molecule has 1 aromatic heterocycles. The van der Waals surface area contributed by atoms with E-state index in [1.54, 1.807) is 0 Å². The zero-order valence-electron chi connectivity index (χ0n) is 17.6. The van der Waals surface area contributed by atoms with Crippen molar-refractivity contribution in [3.63, 3.8) is 0 Å². The number of guanidine groups is 1. The Balaban J connectivity index is 1.69. The van der Waals surface area contributed by atoms with Gasteiger partial charge in [-0.15, -0.1) is 10.2 Å². The van der Waals surface area contributed by atoms with Crippen molar-refractivity contribution in [1.82, 2.24) is 29.9 Å². The Morgan fingerprint density at radius 2 is 1.86 bits per heavy atom. The average molecular weight is 391 g/mol. The Morgan fingerprint density at radius 1 is 1.21 bits per heavy atom. The number of carbonyl (C=O) groups excluding carboxylic acids is 1. The van der Waals surface area contributed by atoms with E-state index in [0.29, 0.717) is 12.6 Å². The summed E-state index contributed by atoms with van der Waals surface area (Å²) in [5.41, 5.74) is 4.96. The molecule has 1 aliphatic carbocycles. The van der Waals surface area contributed by atoms with E-state index in [0.717, 1.165) is 43.8 Å². The summed E-state index contributed by atoms with van der Waals surface area (Å²) in [5.74, 6) is 2.40. The number of primary amides is 1. The zero-order valence-corrected chi connectivity index (χ0v) is 17.6. The van der Waals surface area contributed by atoms with E-state index < -0.39 is 5.54 Å². The van der Waals surface area contributed by atoms with Crippen molar-refractivity contribution in [2.75, 3.05) is 26.2 Å². The van der Waals surface area contributed by atoms with Gasteiger partial charge in [-0.1, -0.05) is 12.8 Å². The Hall–Kier alpha value is -2.16. The number of nitrogens with one attached hydrogen (secondary N) is 1. The van der Waals surface area contributed by atoms with Gasteiger partial charge in [-0.3, -0.25) is 9.69 Å². The van der Waals surface area contributed by atoms with Crippen LogP contribution in [0.5, 0.6) is 0 Å². The molecule has 2 fully saturated rings. The summed E-state index contributed by atoms with van der Waals surface area (Å²) in [6, 6.07) is 0.486. The number of hydrogen-bond acceptors (Lipinski definition) is 5. The Kier molecular flexibility index (Phi) is 6.22. The molecular formula is C19H34N8O. The fourth-order valence-electron chi connectivity index (χ4n) is 3.86. The van der Waals surface area contributed by atoms with Crippen molar-refractivity contribution in [2.45, 2.75) is 64.6 Å². The summed E-state index contributed by atoms with van der Waals surface area (Å²) in [4.78, 5) is 21.1. The molecule has 3 N–H and O–H groups in total. The third-order valence-electron chi connectivity index (χ3n) is 6.21. The van der Waals surface area contributed by atoms with Crippen molar-refractivity contribution in [1.29, 1.82) is 0 Å². The maximum absolute atomic E-state index is 11.8. The number of nitrogens with two attached hydrogens (primary N) is 1. The van der Waals surface area contributed by atoms with Crippen LogP contribution in [-0.2, 0) is 18.4 Å². The van der Waals surface area contributed by atoms with Gasteiger partial charge in [0.2, 0.25) is 5.91 Å². The highest BCUT2D eigenvalue weighted by molar-refractivity contribution is 5.84. The van der Waals surface area contributed by atoms with Gasteiger partial charge in [-0.25, -0.2) is 4.99 Å². The molecule has 1 saturated carbocycles. The van der Waals surface area contributed by atoms with Gasteiger partial charge < -0.3 is 20.5 Å². The first-order valence-corrected chi connectivity index (χ1v) is 10.2. The smallest absolute Gasteiger partial charge is 0.237 e. The standard InChI is InChI=1S/C19H34N8O/c1-14-23-24-16(25(14)4)13-21-18(22-15-7-5-6-8-15)26-9-11-27(12-10-26)19(2,3)17(20)28/h15H,5-13H2,1-4H3,(H2,20,28)(H,21,22). The van der Waals surface area contributed by atoms with Crippen LogP contribution in [0.25, 0.3) is 0 Å². The van der Waals surface area contributed by atoms with Gasteiger partial charge in [0.25, 0.3) is 0 Å². The maximum Gasteiger partial charge on any atom is 0.237 e. The summed E-state index contributed by atoms with van der Waals surface area (Å²) in [7, 11) is 1.97.